The molecule has 158 valence electrons. The first-order chi connectivity index (χ1) is 14.2. The number of imidazole rings is 1. The predicted molar refractivity (Wildman–Crippen MR) is 118 cm³/mol. The number of carbonyl (C=O) groups is 2. The fourth-order valence-corrected chi connectivity index (χ4v) is 4.42. The number of aliphatic carboxylic acids is 1. The van der Waals surface area contributed by atoms with Crippen LogP contribution < -0.4 is 10.1 Å². The number of carboxylic acids is 1. The van der Waals surface area contributed by atoms with E-state index in [9.17, 15) is 14.0 Å². The van der Waals surface area contributed by atoms with E-state index in [1.54, 1.807) is 24.3 Å². The number of alkyl halides is 1. The lowest BCUT2D eigenvalue weighted by atomic mass is 10.1. The summed E-state index contributed by atoms with van der Waals surface area (Å²) < 4.78 is 22.5. The third kappa shape index (κ3) is 4.81. The molecule has 1 unspecified atom stereocenters. The summed E-state index contributed by atoms with van der Waals surface area (Å²) in [4.78, 5) is 26.6. The number of benzene rings is 2. The van der Waals surface area contributed by atoms with E-state index < -0.39 is 12.1 Å². The highest BCUT2D eigenvalue weighted by Crippen LogP contribution is 2.39. The minimum atomic E-state index is -1.98. The fraction of sp³-hybridized carbons (Fsp3) is 0.250. The van der Waals surface area contributed by atoms with Gasteiger partial charge < -0.3 is 14.4 Å². The predicted octanol–water partition coefficient (Wildman–Crippen LogP) is 5.30. The molecule has 0 spiro atoms. The number of ether oxygens (including phenoxy) is 1. The minimum Gasteiger partial charge on any atom is -0.479 e. The van der Waals surface area contributed by atoms with Crippen LogP contribution in [0.4, 0.5) is 10.3 Å². The third-order valence-electron chi connectivity index (χ3n) is 4.28. The lowest BCUT2D eigenvalue weighted by Gasteiger charge is -2.13. The lowest BCUT2D eigenvalue weighted by Crippen LogP contribution is -2.17. The largest absolute Gasteiger partial charge is 0.479 e. The second-order valence-electron chi connectivity index (χ2n) is 6.51. The maximum Gasteiger partial charge on any atom is 0.338 e. The van der Waals surface area contributed by atoms with Crippen molar-refractivity contribution in [3.05, 3.63) is 44.8 Å². The summed E-state index contributed by atoms with van der Waals surface area (Å²) in [5, 5.41) is 11.5. The van der Waals surface area contributed by atoms with Crippen molar-refractivity contribution < 1.29 is 23.8 Å². The minimum absolute atomic E-state index is 0.206. The first-order valence-electron chi connectivity index (χ1n) is 9.00. The number of anilines is 1. The van der Waals surface area contributed by atoms with Gasteiger partial charge >= 0.3 is 5.97 Å². The number of amides is 1. The first kappa shape index (κ1) is 22.2. The molecular weight excluding hydrogens is 525 g/mol. The van der Waals surface area contributed by atoms with Gasteiger partial charge in [-0.05, 0) is 68.6 Å². The topological polar surface area (TPSA) is 93.5 Å². The molecule has 0 aliphatic rings. The molecule has 1 heterocycles. The maximum absolute atomic E-state index is 13.5. The van der Waals surface area contributed by atoms with Gasteiger partial charge in [0.1, 0.15) is 5.75 Å². The van der Waals surface area contributed by atoms with E-state index in [-0.39, 0.29) is 12.3 Å². The van der Waals surface area contributed by atoms with Crippen molar-refractivity contribution in [3.8, 4) is 11.5 Å². The average Bonchev–Trinajstić information content (AvgIpc) is 3.00. The second-order valence-corrected chi connectivity index (χ2v) is 8.22. The van der Waals surface area contributed by atoms with Gasteiger partial charge in [0.15, 0.2) is 5.75 Å². The Morgan fingerprint density at radius 3 is 2.50 bits per heavy atom. The molecule has 0 radical (unpaired) electrons. The zero-order valence-corrected chi connectivity index (χ0v) is 19.3. The van der Waals surface area contributed by atoms with Crippen molar-refractivity contribution in [2.24, 2.45) is 0 Å². The third-order valence-corrected chi connectivity index (χ3v) is 5.46. The number of nitrogens with one attached hydrogen (secondary N) is 1. The van der Waals surface area contributed by atoms with Gasteiger partial charge in [-0.25, -0.2) is 14.2 Å². The molecule has 30 heavy (non-hydrogen) atoms. The first-order valence-corrected chi connectivity index (χ1v) is 10.6. The quantitative estimate of drug-likeness (QED) is 0.422. The van der Waals surface area contributed by atoms with Crippen molar-refractivity contribution in [1.82, 2.24) is 9.55 Å². The number of aryl methyl sites for hydroxylation is 1. The summed E-state index contributed by atoms with van der Waals surface area (Å²) in [5.74, 6) is -0.240. The molecule has 10 heteroatoms. The van der Waals surface area contributed by atoms with Crippen molar-refractivity contribution in [3.63, 3.8) is 0 Å². The average molecular weight is 543 g/mol. The van der Waals surface area contributed by atoms with Crippen LogP contribution in [0.25, 0.3) is 11.0 Å². The van der Waals surface area contributed by atoms with Gasteiger partial charge in [-0.15, -0.1) is 0 Å². The van der Waals surface area contributed by atoms with Crippen LogP contribution in [0.1, 0.15) is 19.4 Å². The standard InChI is InChI=1S/C20H18Br2FN3O4/c1-3-26-17-9-12(4-5-16(17)25-20(26)24-10(2)27)30-18-13(21)6-11(7-14(18)22)8-15(23)19(28)29/h4-7,9,15H,3,8H2,1-2H3,(H,28,29)(H,24,25,27). The van der Waals surface area contributed by atoms with Gasteiger partial charge in [-0.1, -0.05) is 0 Å². The Balaban J connectivity index is 1.92. The van der Waals surface area contributed by atoms with Gasteiger partial charge in [0.2, 0.25) is 18.0 Å². The van der Waals surface area contributed by atoms with Crippen LogP contribution in [0, 0.1) is 0 Å². The number of hydrogen-bond donors (Lipinski definition) is 2. The highest BCUT2D eigenvalue weighted by Gasteiger charge is 2.19. The molecule has 1 atom stereocenters. The molecule has 1 amide bonds. The van der Waals surface area contributed by atoms with E-state index in [0.29, 0.717) is 44.0 Å². The van der Waals surface area contributed by atoms with Gasteiger partial charge in [-0.3, -0.25) is 10.1 Å². The van der Waals surface area contributed by atoms with Crippen LogP contribution in [0.3, 0.4) is 0 Å². The molecule has 0 fully saturated rings. The summed E-state index contributed by atoms with van der Waals surface area (Å²) in [6, 6.07) is 8.60. The van der Waals surface area contributed by atoms with E-state index in [1.165, 1.54) is 6.92 Å². The highest BCUT2D eigenvalue weighted by atomic mass is 79.9. The molecule has 0 saturated heterocycles. The summed E-state index contributed by atoms with van der Waals surface area (Å²) in [6.07, 6.45) is -2.23. The molecule has 0 aliphatic heterocycles. The number of carboxylic acid groups (broad SMARTS) is 1. The molecule has 0 saturated carbocycles. The highest BCUT2D eigenvalue weighted by molar-refractivity contribution is 9.11. The Morgan fingerprint density at radius 2 is 1.93 bits per heavy atom. The van der Waals surface area contributed by atoms with E-state index in [4.69, 9.17) is 9.84 Å². The summed E-state index contributed by atoms with van der Waals surface area (Å²) >= 11 is 6.80. The van der Waals surface area contributed by atoms with Crippen LogP contribution in [-0.4, -0.2) is 32.7 Å². The number of fused-ring (bicyclic) bond motifs is 1. The van der Waals surface area contributed by atoms with Gasteiger partial charge in [0, 0.05) is 26.0 Å². The Hall–Kier alpha value is -2.46. The van der Waals surface area contributed by atoms with Gasteiger partial charge in [0.25, 0.3) is 0 Å². The van der Waals surface area contributed by atoms with Crippen LogP contribution in [0.2, 0.25) is 0 Å². The number of hydrogen-bond acceptors (Lipinski definition) is 4. The van der Waals surface area contributed by atoms with Crippen molar-refractivity contribution in [1.29, 1.82) is 0 Å². The fourth-order valence-electron chi connectivity index (χ4n) is 2.98. The SMILES string of the molecule is CCn1c(NC(C)=O)nc2ccc(Oc3c(Br)cc(CC(F)C(=O)O)cc3Br)cc21. The van der Waals surface area contributed by atoms with Crippen molar-refractivity contribution >= 4 is 60.7 Å². The van der Waals surface area contributed by atoms with Crippen molar-refractivity contribution in [2.45, 2.75) is 33.0 Å². The zero-order chi connectivity index (χ0) is 22.0. The number of aromatic nitrogens is 2. The van der Waals surface area contributed by atoms with Crippen LogP contribution in [0.5, 0.6) is 11.5 Å². The van der Waals surface area contributed by atoms with E-state index in [2.05, 4.69) is 42.2 Å². The molecular formula is C20H18Br2FN3O4. The van der Waals surface area contributed by atoms with Crippen molar-refractivity contribution in [2.75, 3.05) is 5.32 Å². The number of carbonyl (C=O) groups excluding carboxylic acids is 1. The Morgan fingerprint density at radius 1 is 1.27 bits per heavy atom. The Kier molecular flexibility index (Phi) is 6.77. The van der Waals surface area contributed by atoms with Gasteiger partial charge in [-0.2, -0.15) is 0 Å². The molecule has 2 aromatic carbocycles. The molecule has 1 aromatic heterocycles. The maximum atomic E-state index is 13.5. The molecule has 0 aliphatic carbocycles. The Labute approximate surface area is 188 Å². The number of nitrogens with zero attached hydrogens (tertiary/aromatic N) is 2. The van der Waals surface area contributed by atoms with E-state index in [0.717, 1.165) is 5.52 Å². The van der Waals surface area contributed by atoms with Gasteiger partial charge in [0.05, 0.1) is 20.0 Å². The molecule has 0 bridgehead atoms. The smallest absolute Gasteiger partial charge is 0.338 e. The van der Waals surface area contributed by atoms with E-state index in [1.807, 2.05) is 17.6 Å². The zero-order valence-electron chi connectivity index (χ0n) is 16.1. The monoisotopic (exact) mass is 541 g/mol. The normalized spacial score (nSPS) is 12.0. The summed E-state index contributed by atoms with van der Waals surface area (Å²) in [7, 11) is 0. The van der Waals surface area contributed by atoms with Crippen LogP contribution in [-0.2, 0) is 22.6 Å². The second kappa shape index (κ2) is 9.13. The Bertz CT molecular complexity index is 1110. The van der Waals surface area contributed by atoms with E-state index >= 15 is 0 Å². The molecule has 3 aromatic rings. The number of halogens is 3. The molecule has 7 nitrogen and oxygen atoms in total. The van der Waals surface area contributed by atoms with Crippen LogP contribution >= 0.6 is 31.9 Å². The number of rotatable bonds is 7. The lowest BCUT2D eigenvalue weighted by molar-refractivity contribution is -0.142. The molecule has 3 rings (SSSR count). The van der Waals surface area contributed by atoms with Crippen LogP contribution in [0.15, 0.2) is 39.3 Å². The summed E-state index contributed by atoms with van der Waals surface area (Å²) in [6.45, 7) is 3.97. The summed E-state index contributed by atoms with van der Waals surface area (Å²) in [5.41, 5.74) is 2.02. The molecule has 2 N–H and O–H groups in total.